The van der Waals surface area contributed by atoms with Crippen LogP contribution in [0.2, 0.25) is 0 Å². The molecule has 2 atom stereocenters. The van der Waals surface area contributed by atoms with Crippen LogP contribution in [0.25, 0.3) is 0 Å². The number of aliphatic carboxylic acids is 1. The van der Waals surface area contributed by atoms with Crippen molar-refractivity contribution in [1.29, 1.82) is 0 Å². The minimum absolute atomic E-state index is 0.391. The molecule has 0 aliphatic carbocycles. The van der Waals surface area contributed by atoms with E-state index in [1.54, 1.807) is 6.92 Å². The van der Waals surface area contributed by atoms with Gasteiger partial charge in [0.2, 0.25) is 0 Å². The van der Waals surface area contributed by atoms with Gasteiger partial charge in [0.1, 0.15) is 12.3 Å². The van der Waals surface area contributed by atoms with Gasteiger partial charge in [-0.1, -0.05) is 13.3 Å². The second kappa shape index (κ2) is 5.71. The van der Waals surface area contributed by atoms with Crippen molar-refractivity contribution >= 4 is 12.3 Å². The van der Waals surface area contributed by atoms with E-state index in [0.717, 1.165) is 6.42 Å². The highest BCUT2D eigenvalue weighted by molar-refractivity contribution is 5.74. The van der Waals surface area contributed by atoms with E-state index in [9.17, 15) is 9.59 Å². The normalized spacial score (nSPS) is 15.2. The van der Waals surface area contributed by atoms with E-state index in [2.05, 4.69) is 5.32 Å². The lowest BCUT2D eigenvalue weighted by Gasteiger charge is -2.15. The lowest BCUT2D eigenvalue weighted by Crippen LogP contribution is -2.42. The third-order valence-corrected chi connectivity index (χ3v) is 1.54. The van der Waals surface area contributed by atoms with Gasteiger partial charge in [-0.05, 0) is 13.3 Å². The average Bonchev–Trinajstić information content (AvgIpc) is 2.03. The molecule has 0 bridgehead atoms. The highest BCUT2D eigenvalue weighted by Gasteiger charge is 2.17. The number of aldehydes is 1. The van der Waals surface area contributed by atoms with Gasteiger partial charge >= 0.3 is 5.97 Å². The number of hydrogen-bond acceptors (Lipinski definition) is 3. The monoisotopic (exact) mass is 173 g/mol. The van der Waals surface area contributed by atoms with Gasteiger partial charge in [0, 0.05) is 0 Å². The predicted molar refractivity (Wildman–Crippen MR) is 45.0 cm³/mol. The topological polar surface area (TPSA) is 66.4 Å². The first-order valence-corrected chi connectivity index (χ1v) is 4.06. The summed E-state index contributed by atoms with van der Waals surface area (Å²) in [6, 6.07) is -0.993. The lowest BCUT2D eigenvalue weighted by molar-refractivity contribution is -0.139. The number of nitrogens with one attached hydrogen (secondary N) is 1. The Labute approximate surface area is 72.0 Å². The molecule has 70 valence electrons. The molecule has 0 aromatic heterocycles. The molecule has 0 aromatic rings. The second-order valence-electron chi connectivity index (χ2n) is 2.77. The first-order chi connectivity index (χ1) is 5.61. The summed E-state index contributed by atoms with van der Waals surface area (Å²) >= 11 is 0. The van der Waals surface area contributed by atoms with Crippen LogP contribution in [0.4, 0.5) is 0 Å². The molecular weight excluding hydrogens is 158 g/mol. The van der Waals surface area contributed by atoms with Crippen LogP contribution in [0, 0.1) is 0 Å². The van der Waals surface area contributed by atoms with Crippen LogP contribution in [-0.4, -0.2) is 29.4 Å². The Hall–Kier alpha value is -0.900. The van der Waals surface area contributed by atoms with E-state index >= 15 is 0 Å². The van der Waals surface area contributed by atoms with Crippen molar-refractivity contribution in [1.82, 2.24) is 5.32 Å². The smallest absolute Gasteiger partial charge is 0.320 e. The SMILES string of the molecule is CCCC(NC(C)C=O)C(=O)O. The molecule has 0 fully saturated rings. The molecule has 0 spiro atoms. The number of rotatable bonds is 6. The zero-order chi connectivity index (χ0) is 9.56. The van der Waals surface area contributed by atoms with E-state index < -0.39 is 18.1 Å². The highest BCUT2D eigenvalue weighted by Crippen LogP contribution is 1.97. The van der Waals surface area contributed by atoms with Gasteiger partial charge in [-0.2, -0.15) is 0 Å². The van der Waals surface area contributed by atoms with Crippen molar-refractivity contribution in [2.75, 3.05) is 0 Å². The molecule has 0 aliphatic rings. The third kappa shape index (κ3) is 4.08. The van der Waals surface area contributed by atoms with Crippen molar-refractivity contribution in [3.63, 3.8) is 0 Å². The third-order valence-electron chi connectivity index (χ3n) is 1.54. The molecule has 12 heavy (non-hydrogen) atoms. The van der Waals surface area contributed by atoms with Crippen LogP contribution in [-0.2, 0) is 9.59 Å². The summed E-state index contributed by atoms with van der Waals surface area (Å²) in [4.78, 5) is 20.8. The zero-order valence-corrected chi connectivity index (χ0v) is 7.41. The number of carbonyl (C=O) groups excluding carboxylic acids is 1. The fourth-order valence-electron chi connectivity index (χ4n) is 0.923. The minimum Gasteiger partial charge on any atom is -0.480 e. The van der Waals surface area contributed by atoms with Gasteiger partial charge in [0.15, 0.2) is 0 Å². The largest absolute Gasteiger partial charge is 0.480 e. The molecule has 0 rings (SSSR count). The van der Waals surface area contributed by atoms with Crippen molar-refractivity contribution in [2.24, 2.45) is 0 Å². The van der Waals surface area contributed by atoms with E-state index in [1.165, 1.54) is 0 Å². The minimum atomic E-state index is -0.898. The van der Waals surface area contributed by atoms with Crippen molar-refractivity contribution in [3.05, 3.63) is 0 Å². The van der Waals surface area contributed by atoms with Crippen LogP contribution >= 0.6 is 0 Å². The summed E-state index contributed by atoms with van der Waals surface area (Å²) in [5, 5.41) is 11.4. The second-order valence-corrected chi connectivity index (χ2v) is 2.77. The molecule has 0 heterocycles. The van der Waals surface area contributed by atoms with E-state index in [4.69, 9.17) is 5.11 Å². The predicted octanol–water partition coefficient (Wildman–Crippen LogP) is 0.417. The van der Waals surface area contributed by atoms with Crippen LogP contribution in [0.5, 0.6) is 0 Å². The molecule has 0 aliphatic heterocycles. The summed E-state index contributed by atoms with van der Waals surface area (Å²) in [5.74, 6) is -0.898. The zero-order valence-electron chi connectivity index (χ0n) is 7.41. The molecule has 0 saturated heterocycles. The Bertz CT molecular complexity index is 158. The number of carboxylic acids is 1. The molecule has 0 aromatic carbocycles. The fourth-order valence-corrected chi connectivity index (χ4v) is 0.923. The summed E-state index contributed by atoms with van der Waals surface area (Å²) < 4.78 is 0. The van der Waals surface area contributed by atoms with Gasteiger partial charge < -0.3 is 9.90 Å². The van der Waals surface area contributed by atoms with Gasteiger partial charge in [-0.15, -0.1) is 0 Å². The molecule has 0 amide bonds. The molecule has 0 radical (unpaired) electrons. The summed E-state index contributed by atoms with van der Waals surface area (Å²) in [6.45, 7) is 3.54. The number of carboxylic acid groups (broad SMARTS) is 1. The Morgan fingerprint density at radius 1 is 1.67 bits per heavy atom. The molecule has 4 heteroatoms. The van der Waals surface area contributed by atoms with Gasteiger partial charge in [-0.3, -0.25) is 10.1 Å². The summed E-state index contributed by atoms with van der Waals surface area (Å²) in [7, 11) is 0. The average molecular weight is 173 g/mol. The van der Waals surface area contributed by atoms with Gasteiger partial charge in [0.05, 0.1) is 6.04 Å². The number of carbonyl (C=O) groups is 2. The maximum atomic E-state index is 10.6. The molecular formula is C8H15NO3. The van der Waals surface area contributed by atoms with E-state index in [0.29, 0.717) is 12.7 Å². The van der Waals surface area contributed by atoms with E-state index in [1.807, 2.05) is 6.92 Å². The first kappa shape index (κ1) is 11.1. The van der Waals surface area contributed by atoms with Crippen molar-refractivity contribution in [2.45, 2.75) is 38.8 Å². The van der Waals surface area contributed by atoms with Crippen LogP contribution in [0.3, 0.4) is 0 Å². The molecule has 4 nitrogen and oxygen atoms in total. The van der Waals surface area contributed by atoms with Crippen molar-refractivity contribution < 1.29 is 14.7 Å². The highest BCUT2D eigenvalue weighted by atomic mass is 16.4. The Balaban J connectivity index is 3.94. The van der Waals surface area contributed by atoms with Crippen LogP contribution in [0.1, 0.15) is 26.7 Å². The summed E-state index contributed by atoms with van der Waals surface area (Å²) in [6.07, 6.45) is 2.04. The van der Waals surface area contributed by atoms with Gasteiger partial charge in [0.25, 0.3) is 0 Å². The maximum Gasteiger partial charge on any atom is 0.320 e. The van der Waals surface area contributed by atoms with E-state index in [-0.39, 0.29) is 0 Å². The lowest BCUT2D eigenvalue weighted by atomic mass is 10.1. The quantitative estimate of drug-likeness (QED) is 0.571. The summed E-state index contributed by atoms with van der Waals surface area (Å²) in [5.41, 5.74) is 0. The Kier molecular flexibility index (Phi) is 5.28. The van der Waals surface area contributed by atoms with Crippen LogP contribution in [0.15, 0.2) is 0 Å². The Morgan fingerprint density at radius 2 is 2.25 bits per heavy atom. The number of hydrogen-bond donors (Lipinski definition) is 2. The Morgan fingerprint density at radius 3 is 2.58 bits per heavy atom. The van der Waals surface area contributed by atoms with Gasteiger partial charge in [-0.25, -0.2) is 0 Å². The van der Waals surface area contributed by atoms with Crippen LogP contribution < -0.4 is 5.32 Å². The molecule has 0 saturated carbocycles. The first-order valence-electron chi connectivity index (χ1n) is 4.06. The van der Waals surface area contributed by atoms with Crippen molar-refractivity contribution in [3.8, 4) is 0 Å². The molecule has 2 N–H and O–H groups in total. The standard InChI is InChI=1S/C8H15NO3/c1-3-4-7(8(11)12)9-6(2)5-10/h5-7,9H,3-4H2,1-2H3,(H,11,12). The molecule has 2 unspecified atom stereocenters. The fraction of sp³-hybridized carbons (Fsp3) is 0.750. The maximum absolute atomic E-state index is 10.6.